The smallest absolute Gasteiger partial charge is 0.251 e. The third-order valence-corrected chi connectivity index (χ3v) is 4.69. The number of nitriles is 1. The fourth-order valence-electron chi connectivity index (χ4n) is 3.02. The van der Waals surface area contributed by atoms with Gasteiger partial charge >= 0.3 is 0 Å². The number of hydrogen-bond donors (Lipinski definition) is 2. The Labute approximate surface area is 137 Å². The summed E-state index contributed by atoms with van der Waals surface area (Å²) in [6.45, 7) is 4.43. The Morgan fingerprint density at radius 2 is 1.91 bits per heavy atom. The quantitative estimate of drug-likeness (QED) is 0.896. The molecular formula is C18H23N3O2. The second-order valence-electron chi connectivity index (χ2n) is 6.31. The van der Waals surface area contributed by atoms with Crippen LogP contribution in [0.1, 0.15) is 49.9 Å². The minimum Gasteiger partial charge on any atom is -0.349 e. The highest BCUT2D eigenvalue weighted by atomic mass is 16.2. The Kier molecular flexibility index (Phi) is 5.75. The molecule has 0 heterocycles. The summed E-state index contributed by atoms with van der Waals surface area (Å²) in [5, 5.41) is 14.2. The minimum atomic E-state index is -0.352. The maximum Gasteiger partial charge on any atom is 0.251 e. The van der Waals surface area contributed by atoms with Crippen molar-refractivity contribution in [3.63, 3.8) is 0 Å². The molecule has 2 rings (SSSR count). The lowest BCUT2D eigenvalue weighted by Gasteiger charge is -2.34. The molecule has 2 amide bonds. The lowest BCUT2D eigenvalue weighted by molar-refractivity contribution is -0.115. The molecule has 0 aromatic heterocycles. The van der Waals surface area contributed by atoms with Gasteiger partial charge in [-0.05, 0) is 42.5 Å². The largest absolute Gasteiger partial charge is 0.349 e. The van der Waals surface area contributed by atoms with E-state index in [0.717, 1.165) is 12.8 Å². The highest BCUT2D eigenvalue weighted by molar-refractivity contribution is 5.96. The molecule has 2 N–H and O–H groups in total. The molecule has 0 saturated heterocycles. The van der Waals surface area contributed by atoms with Gasteiger partial charge in [-0.25, -0.2) is 0 Å². The van der Waals surface area contributed by atoms with Crippen LogP contribution in [0.4, 0.5) is 5.69 Å². The first-order valence-electron chi connectivity index (χ1n) is 8.09. The number of amides is 2. The number of benzene rings is 1. The Bertz CT molecular complexity index is 604. The van der Waals surface area contributed by atoms with Gasteiger partial charge in [0.05, 0.1) is 6.07 Å². The summed E-state index contributed by atoms with van der Waals surface area (Å²) in [7, 11) is 0. The molecular weight excluding hydrogens is 290 g/mol. The molecule has 1 aromatic rings. The van der Waals surface area contributed by atoms with E-state index < -0.39 is 0 Å². The van der Waals surface area contributed by atoms with Crippen LogP contribution in [0.3, 0.4) is 0 Å². The molecule has 1 aromatic carbocycles. The van der Waals surface area contributed by atoms with Crippen molar-refractivity contribution in [1.82, 2.24) is 5.32 Å². The SMILES string of the molecule is CC1CCCC(NC(=O)c2ccc(NC(=O)CC#N)cc2)C1C. The molecule has 0 aliphatic heterocycles. The van der Waals surface area contributed by atoms with E-state index in [1.807, 2.05) is 0 Å². The Hall–Kier alpha value is -2.35. The molecule has 0 radical (unpaired) electrons. The predicted octanol–water partition coefficient (Wildman–Crippen LogP) is 3.09. The van der Waals surface area contributed by atoms with Crippen molar-refractivity contribution in [2.24, 2.45) is 11.8 Å². The molecule has 0 spiro atoms. The first-order valence-corrected chi connectivity index (χ1v) is 8.09. The van der Waals surface area contributed by atoms with Gasteiger partial charge in [-0.3, -0.25) is 9.59 Å². The average molecular weight is 313 g/mol. The maximum atomic E-state index is 12.4. The molecule has 1 saturated carbocycles. The van der Waals surface area contributed by atoms with Crippen LogP contribution >= 0.6 is 0 Å². The van der Waals surface area contributed by atoms with E-state index in [4.69, 9.17) is 5.26 Å². The standard InChI is InChI=1S/C18H23N3O2/c1-12-4-3-5-16(13(12)2)21-18(23)14-6-8-15(9-7-14)20-17(22)10-11-19/h6-9,12-13,16H,3-5,10H2,1-2H3,(H,20,22)(H,21,23). The number of rotatable bonds is 4. The summed E-state index contributed by atoms with van der Waals surface area (Å²) in [6.07, 6.45) is 3.23. The fourth-order valence-corrected chi connectivity index (χ4v) is 3.02. The number of nitrogens with zero attached hydrogens (tertiary/aromatic N) is 1. The zero-order valence-corrected chi connectivity index (χ0v) is 13.6. The lowest BCUT2D eigenvalue weighted by atomic mass is 9.78. The molecule has 23 heavy (non-hydrogen) atoms. The predicted molar refractivity (Wildman–Crippen MR) is 88.7 cm³/mol. The summed E-state index contributed by atoms with van der Waals surface area (Å²) < 4.78 is 0. The van der Waals surface area contributed by atoms with Gasteiger partial charge in [0.15, 0.2) is 0 Å². The van der Waals surface area contributed by atoms with Gasteiger partial charge in [0.25, 0.3) is 5.91 Å². The monoisotopic (exact) mass is 313 g/mol. The Morgan fingerprint density at radius 1 is 1.22 bits per heavy atom. The van der Waals surface area contributed by atoms with Crippen LogP contribution in [0.2, 0.25) is 0 Å². The highest BCUT2D eigenvalue weighted by Gasteiger charge is 2.28. The van der Waals surface area contributed by atoms with Crippen molar-refractivity contribution in [2.75, 3.05) is 5.32 Å². The van der Waals surface area contributed by atoms with E-state index in [9.17, 15) is 9.59 Å². The zero-order chi connectivity index (χ0) is 16.8. The Balaban J connectivity index is 1.95. The number of carbonyl (C=O) groups is 2. The van der Waals surface area contributed by atoms with Gasteiger partial charge < -0.3 is 10.6 Å². The van der Waals surface area contributed by atoms with E-state index in [2.05, 4.69) is 24.5 Å². The molecule has 1 aliphatic rings. The maximum absolute atomic E-state index is 12.4. The van der Waals surface area contributed by atoms with Crippen molar-refractivity contribution in [3.05, 3.63) is 29.8 Å². The number of anilines is 1. The first-order chi connectivity index (χ1) is 11.0. The van der Waals surface area contributed by atoms with E-state index >= 15 is 0 Å². The van der Waals surface area contributed by atoms with Crippen molar-refractivity contribution >= 4 is 17.5 Å². The van der Waals surface area contributed by atoms with Crippen molar-refractivity contribution < 1.29 is 9.59 Å². The van der Waals surface area contributed by atoms with Crippen molar-refractivity contribution in [3.8, 4) is 6.07 Å². The first kappa shape index (κ1) is 17.0. The van der Waals surface area contributed by atoms with Crippen LogP contribution < -0.4 is 10.6 Å². The Morgan fingerprint density at radius 3 is 2.57 bits per heavy atom. The second-order valence-corrected chi connectivity index (χ2v) is 6.31. The van der Waals surface area contributed by atoms with Gasteiger partial charge in [-0.2, -0.15) is 5.26 Å². The van der Waals surface area contributed by atoms with Gasteiger partial charge in [0.1, 0.15) is 6.42 Å². The number of carbonyl (C=O) groups excluding carboxylic acids is 2. The van der Waals surface area contributed by atoms with Gasteiger partial charge in [-0.1, -0.05) is 26.7 Å². The van der Waals surface area contributed by atoms with Crippen molar-refractivity contribution in [1.29, 1.82) is 5.26 Å². The van der Waals surface area contributed by atoms with Gasteiger partial charge in [0, 0.05) is 17.3 Å². The second kappa shape index (κ2) is 7.77. The average Bonchev–Trinajstić information content (AvgIpc) is 2.52. The molecule has 1 aliphatic carbocycles. The number of nitrogens with one attached hydrogen (secondary N) is 2. The summed E-state index contributed by atoms with van der Waals surface area (Å²) >= 11 is 0. The van der Waals surface area contributed by atoms with Crippen LogP contribution in [0.15, 0.2) is 24.3 Å². The van der Waals surface area contributed by atoms with Gasteiger partial charge in [-0.15, -0.1) is 0 Å². The molecule has 5 heteroatoms. The lowest BCUT2D eigenvalue weighted by Crippen LogP contribution is -2.43. The molecule has 1 fully saturated rings. The molecule has 122 valence electrons. The van der Waals surface area contributed by atoms with Crippen LogP contribution in [0, 0.1) is 23.2 Å². The summed E-state index contributed by atoms with van der Waals surface area (Å²) in [5.74, 6) is 0.685. The summed E-state index contributed by atoms with van der Waals surface area (Å²) in [5.41, 5.74) is 1.16. The highest BCUT2D eigenvalue weighted by Crippen LogP contribution is 2.29. The topological polar surface area (TPSA) is 82.0 Å². The van der Waals surface area contributed by atoms with Crippen LogP contribution in [-0.4, -0.2) is 17.9 Å². The van der Waals surface area contributed by atoms with E-state index in [-0.39, 0.29) is 24.3 Å². The third kappa shape index (κ3) is 4.56. The normalized spacial score (nSPS) is 23.6. The minimum absolute atomic E-state index is 0.0779. The van der Waals surface area contributed by atoms with Crippen molar-refractivity contribution in [2.45, 2.75) is 45.6 Å². The number of hydrogen-bond acceptors (Lipinski definition) is 3. The molecule has 3 atom stereocenters. The summed E-state index contributed by atoms with van der Waals surface area (Å²) in [4.78, 5) is 23.7. The van der Waals surface area contributed by atoms with Crippen LogP contribution in [0.25, 0.3) is 0 Å². The van der Waals surface area contributed by atoms with Gasteiger partial charge in [0.2, 0.25) is 5.91 Å². The fraction of sp³-hybridized carbons (Fsp3) is 0.500. The molecule has 5 nitrogen and oxygen atoms in total. The molecule has 0 bridgehead atoms. The van der Waals surface area contributed by atoms with Crippen LogP contribution in [0.5, 0.6) is 0 Å². The van der Waals surface area contributed by atoms with E-state index in [1.165, 1.54) is 6.42 Å². The van der Waals surface area contributed by atoms with Crippen LogP contribution in [-0.2, 0) is 4.79 Å². The third-order valence-electron chi connectivity index (χ3n) is 4.69. The zero-order valence-electron chi connectivity index (χ0n) is 13.6. The molecule has 3 unspecified atom stereocenters. The summed E-state index contributed by atoms with van der Waals surface area (Å²) in [6, 6.07) is 8.75. The van der Waals surface area contributed by atoms with E-state index in [0.29, 0.717) is 23.1 Å². The van der Waals surface area contributed by atoms with E-state index in [1.54, 1.807) is 30.3 Å².